The van der Waals surface area contributed by atoms with E-state index in [1.807, 2.05) is 24.3 Å². The van der Waals surface area contributed by atoms with E-state index in [-0.39, 0.29) is 54.5 Å². The van der Waals surface area contributed by atoms with Crippen molar-refractivity contribution in [2.24, 2.45) is 0 Å². The zero-order valence-corrected chi connectivity index (χ0v) is 25.0. The Balaban J connectivity index is 1.74. The van der Waals surface area contributed by atoms with Crippen molar-refractivity contribution in [3.8, 4) is 5.75 Å². The molecule has 1 aliphatic carbocycles. The first-order chi connectivity index (χ1) is 18.5. The van der Waals surface area contributed by atoms with Gasteiger partial charge in [0.05, 0.1) is 24.1 Å². The molecule has 8 nitrogen and oxygen atoms in total. The highest BCUT2D eigenvalue weighted by molar-refractivity contribution is 7.92. The van der Waals surface area contributed by atoms with E-state index in [2.05, 4.69) is 5.32 Å². The number of sulfonamides is 1. The molecule has 1 unspecified atom stereocenters. The first-order valence-corrected chi connectivity index (χ1v) is 15.8. The number of nitrogens with one attached hydrogen (secondary N) is 1. The van der Waals surface area contributed by atoms with E-state index >= 15 is 0 Å². The molecule has 0 spiro atoms. The molecule has 2 aromatic carbocycles. The zero-order chi connectivity index (χ0) is 28.6. The van der Waals surface area contributed by atoms with Gasteiger partial charge in [-0.1, -0.05) is 54.6 Å². The highest BCUT2D eigenvalue weighted by Crippen LogP contribution is 2.31. The molecule has 1 fully saturated rings. The van der Waals surface area contributed by atoms with Gasteiger partial charge in [0.25, 0.3) is 0 Å². The van der Waals surface area contributed by atoms with Gasteiger partial charge < -0.3 is 15.0 Å². The smallest absolute Gasteiger partial charge is 0.242 e. The van der Waals surface area contributed by atoms with Gasteiger partial charge in [-0.2, -0.15) is 0 Å². The maximum atomic E-state index is 13.5. The summed E-state index contributed by atoms with van der Waals surface area (Å²) in [5.41, 5.74) is 1.11. The van der Waals surface area contributed by atoms with Crippen LogP contribution in [0.2, 0.25) is 10.0 Å². The van der Waals surface area contributed by atoms with Gasteiger partial charge in [-0.15, -0.1) is 0 Å². The van der Waals surface area contributed by atoms with Gasteiger partial charge in [0.1, 0.15) is 11.8 Å². The molecule has 2 amide bonds. The van der Waals surface area contributed by atoms with Crippen molar-refractivity contribution >= 4 is 50.7 Å². The summed E-state index contributed by atoms with van der Waals surface area (Å²) in [5.74, 6) is 0.259. The lowest BCUT2D eigenvalue weighted by atomic mass is 9.95. The molecular formula is C28H37Cl2N3O5S. The van der Waals surface area contributed by atoms with Crippen LogP contribution in [-0.4, -0.2) is 57.1 Å². The summed E-state index contributed by atoms with van der Waals surface area (Å²) in [6.07, 6.45) is 6.58. The van der Waals surface area contributed by atoms with E-state index in [0.717, 1.165) is 41.8 Å². The molecule has 0 aromatic heterocycles. The van der Waals surface area contributed by atoms with Crippen LogP contribution in [0.1, 0.15) is 57.4 Å². The number of amides is 2. The Morgan fingerprint density at radius 1 is 1.08 bits per heavy atom. The minimum absolute atomic E-state index is 0.0314. The van der Waals surface area contributed by atoms with Crippen LogP contribution in [0.4, 0.5) is 5.69 Å². The molecule has 11 heteroatoms. The SMILES string of the molecule is COc1ccc(CN(C(=O)CCCN(c2cc(Cl)ccc2Cl)S(C)(=O)=O)C(C)C(=O)NC2CCCCC2)cc1. The molecule has 0 radical (unpaired) electrons. The maximum Gasteiger partial charge on any atom is 0.242 e. The highest BCUT2D eigenvalue weighted by atomic mass is 35.5. The number of carbonyl (C=O) groups excluding carboxylic acids is 2. The lowest BCUT2D eigenvalue weighted by Crippen LogP contribution is -2.50. The van der Waals surface area contributed by atoms with Crippen molar-refractivity contribution in [1.82, 2.24) is 10.2 Å². The Hall–Kier alpha value is -2.49. The van der Waals surface area contributed by atoms with Crippen molar-refractivity contribution in [2.75, 3.05) is 24.2 Å². The molecule has 1 atom stereocenters. The summed E-state index contributed by atoms with van der Waals surface area (Å²) in [4.78, 5) is 28.2. The predicted molar refractivity (Wildman–Crippen MR) is 156 cm³/mol. The molecule has 1 N–H and O–H groups in total. The molecule has 2 aromatic rings. The second-order valence-electron chi connectivity index (χ2n) is 9.92. The molecule has 0 bridgehead atoms. The third kappa shape index (κ3) is 9.01. The van der Waals surface area contributed by atoms with Gasteiger partial charge in [0.15, 0.2) is 0 Å². The maximum absolute atomic E-state index is 13.5. The van der Waals surface area contributed by atoms with E-state index < -0.39 is 16.1 Å². The predicted octanol–water partition coefficient (Wildman–Crippen LogP) is 5.41. The fraction of sp³-hybridized carbons (Fsp3) is 0.500. The van der Waals surface area contributed by atoms with Gasteiger partial charge >= 0.3 is 0 Å². The van der Waals surface area contributed by atoms with Crippen LogP contribution in [0.15, 0.2) is 42.5 Å². The van der Waals surface area contributed by atoms with Crippen molar-refractivity contribution in [3.63, 3.8) is 0 Å². The number of rotatable bonds is 12. The largest absolute Gasteiger partial charge is 0.497 e. The number of anilines is 1. The van der Waals surface area contributed by atoms with Crippen molar-refractivity contribution in [2.45, 2.75) is 70.5 Å². The van der Waals surface area contributed by atoms with Gasteiger partial charge in [0, 0.05) is 30.6 Å². The fourth-order valence-electron chi connectivity index (χ4n) is 4.74. The first kappa shape index (κ1) is 31.0. The quantitative estimate of drug-likeness (QED) is 0.352. The number of halogens is 2. The summed E-state index contributed by atoms with van der Waals surface area (Å²) in [5, 5.41) is 3.71. The monoisotopic (exact) mass is 597 g/mol. The van der Waals surface area contributed by atoms with Crippen LogP contribution in [-0.2, 0) is 26.2 Å². The molecule has 39 heavy (non-hydrogen) atoms. The van der Waals surface area contributed by atoms with Gasteiger partial charge in [-0.05, 0) is 62.1 Å². The van der Waals surface area contributed by atoms with Crippen LogP contribution >= 0.6 is 23.2 Å². The standard InChI is InChI=1S/C28H37Cl2N3O5S/c1-20(28(35)31-23-8-5-4-6-9-23)32(19-21-11-14-24(38-2)15-12-21)27(34)10-7-17-33(39(3,36)37)26-18-22(29)13-16-25(26)30/h11-16,18,20,23H,4-10,17,19H2,1-3H3,(H,31,35). The molecule has 0 aliphatic heterocycles. The van der Waals surface area contributed by atoms with Gasteiger partial charge in [0.2, 0.25) is 21.8 Å². The molecule has 0 heterocycles. The van der Waals surface area contributed by atoms with E-state index in [4.69, 9.17) is 27.9 Å². The second-order valence-corrected chi connectivity index (χ2v) is 12.7. The second kappa shape index (κ2) is 14.2. The van der Waals surface area contributed by atoms with Crippen molar-refractivity contribution in [3.05, 3.63) is 58.1 Å². The molecule has 1 aliphatic rings. The molecule has 1 saturated carbocycles. The number of carbonyl (C=O) groups is 2. The number of methoxy groups -OCH3 is 1. The Morgan fingerprint density at radius 3 is 2.36 bits per heavy atom. The minimum Gasteiger partial charge on any atom is -0.497 e. The van der Waals surface area contributed by atoms with Crippen LogP contribution < -0.4 is 14.4 Å². The van der Waals surface area contributed by atoms with E-state index in [9.17, 15) is 18.0 Å². The average Bonchev–Trinajstić information content (AvgIpc) is 2.91. The third-order valence-corrected chi connectivity index (χ3v) is 8.69. The fourth-order valence-corrected chi connectivity index (χ4v) is 6.14. The number of hydrogen-bond acceptors (Lipinski definition) is 5. The Labute approximate surface area is 241 Å². The number of nitrogens with zero attached hydrogens (tertiary/aromatic N) is 2. The van der Waals surface area contributed by atoms with Gasteiger partial charge in [-0.3, -0.25) is 13.9 Å². The van der Waals surface area contributed by atoms with Crippen molar-refractivity contribution in [1.29, 1.82) is 0 Å². The molecule has 3 rings (SSSR count). The van der Waals surface area contributed by atoms with E-state index in [1.165, 1.54) is 18.6 Å². The highest BCUT2D eigenvalue weighted by Gasteiger charge is 2.28. The summed E-state index contributed by atoms with van der Waals surface area (Å²) in [6, 6.07) is 11.4. The summed E-state index contributed by atoms with van der Waals surface area (Å²) < 4.78 is 31.5. The molecular weight excluding hydrogens is 561 g/mol. The molecule has 214 valence electrons. The normalized spacial score (nSPS) is 14.9. The Bertz CT molecular complexity index is 1230. The zero-order valence-electron chi connectivity index (χ0n) is 22.7. The van der Waals surface area contributed by atoms with E-state index in [0.29, 0.717) is 10.8 Å². The Morgan fingerprint density at radius 2 is 1.74 bits per heavy atom. The lowest BCUT2D eigenvalue weighted by molar-refractivity contribution is -0.141. The lowest BCUT2D eigenvalue weighted by Gasteiger charge is -2.31. The third-order valence-electron chi connectivity index (χ3n) is 6.96. The van der Waals surface area contributed by atoms with Crippen LogP contribution in [0, 0.1) is 0 Å². The van der Waals surface area contributed by atoms with E-state index in [1.54, 1.807) is 25.0 Å². The topological polar surface area (TPSA) is 96.0 Å². The number of hydrogen-bond donors (Lipinski definition) is 1. The first-order valence-electron chi connectivity index (χ1n) is 13.1. The average molecular weight is 599 g/mol. The molecule has 0 saturated heterocycles. The summed E-state index contributed by atoms with van der Waals surface area (Å²) in [7, 11) is -2.11. The van der Waals surface area contributed by atoms with Crippen molar-refractivity contribution < 1.29 is 22.7 Å². The van der Waals surface area contributed by atoms with Crippen LogP contribution in [0.3, 0.4) is 0 Å². The van der Waals surface area contributed by atoms with Crippen LogP contribution in [0.5, 0.6) is 5.75 Å². The Kier molecular flexibility index (Phi) is 11.3. The summed E-state index contributed by atoms with van der Waals surface area (Å²) >= 11 is 12.3. The summed E-state index contributed by atoms with van der Waals surface area (Å²) in [6.45, 7) is 2.00. The number of benzene rings is 2. The van der Waals surface area contributed by atoms with Gasteiger partial charge in [-0.25, -0.2) is 8.42 Å². The minimum atomic E-state index is -3.69. The number of ether oxygens (including phenoxy) is 1. The van der Waals surface area contributed by atoms with Crippen LogP contribution in [0.25, 0.3) is 0 Å².